The van der Waals surface area contributed by atoms with Crippen molar-refractivity contribution in [3.63, 3.8) is 0 Å². The highest BCUT2D eigenvalue weighted by Gasteiger charge is 2.11. The molecule has 148 valence electrons. The number of morpholine rings is 1. The Balaban J connectivity index is 1.59. The van der Waals surface area contributed by atoms with E-state index in [2.05, 4.69) is 10.2 Å². The second kappa shape index (κ2) is 9.80. The fraction of sp³-hybridized carbons (Fsp3) is 0.318. The van der Waals surface area contributed by atoms with Crippen LogP contribution < -0.4 is 19.7 Å². The van der Waals surface area contributed by atoms with E-state index in [0.717, 1.165) is 43.2 Å². The van der Waals surface area contributed by atoms with E-state index < -0.39 is 0 Å². The average molecular weight is 382 g/mol. The van der Waals surface area contributed by atoms with Gasteiger partial charge < -0.3 is 24.4 Å². The van der Waals surface area contributed by atoms with Gasteiger partial charge in [-0.15, -0.1) is 0 Å². The molecule has 2 aromatic rings. The molecule has 0 aliphatic carbocycles. The van der Waals surface area contributed by atoms with Gasteiger partial charge in [0.2, 0.25) is 5.91 Å². The van der Waals surface area contributed by atoms with E-state index in [0.29, 0.717) is 18.1 Å². The third-order valence-corrected chi connectivity index (χ3v) is 4.43. The minimum atomic E-state index is -0.188. The van der Waals surface area contributed by atoms with Crippen LogP contribution in [0.5, 0.6) is 11.5 Å². The maximum atomic E-state index is 12.2. The van der Waals surface area contributed by atoms with E-state index >= 15 is 0 Å². The predicted molar refractivity (Wildman–Crippen MR) is 111 cm³/mol. The molecule has 0 saturated carbocycles. The van der Waals surface area contributed by atoms with E-state index in [-0.39, 0.29) is 5.91 Å². The molecule has 0 unspecified atom stereocenters. The van der Waals surface area contributed by atoms with Gasteiger partial charge in [0, 0.05) is 30.5 Å². The standard InChI is InChI=1S/C22H26N2O4/c1-3-28-20-10-4-17(16-21(20)26-2)5-11-22(25)23-18-6-8-19(9-7-18)24-12-14-27-15-13-24/h4-11,16H,3,12-15H2,1-2H3,(H,23,25)/b11-5+. The first kappa shape index (κ1) is 19.8. The number of methoxy groups -OCH3 is 1. The minimum Gasteiger partial charge on any atom is -0.493 e. The molecule has 0 aromatic heterocycles. The molecule has 6 nitrogen and oxygen atoms in total. The number of ether oxygens (including phenoxy) is 3. The van der Waals surface area contributed by atoms with Crippen LogP contribution in [-0.2, 0) is 9.53 Å². The Bertz CT molecular complexity index is 812. The van der Waals surface area contributed by atoms with Crippen LogP contribution >= 0.6 is 0 Å². The van der Waals surface area contributed by atoms with Crippen molar-refractivity contribution in [2.24, 2.45) is 0 Å². The maximum absolute atomic E-state index is 12.2. The Morgan fingerprint density at radius 1 is 1.14 bits per heavy atom. The molecule has 1 saturated heterocycles. The third-order valence-electron chi connectivity index (χ3n) is 4.43. The molecule has 1 N–H and O–H groups in total. The Labute approximate surface area is 165 Å². The summed E-state index contributed by atoms with van der Waals surface area (Å²) in [6.07, 6.45) is 3.25. The molecule has 28 heavy (non-hydrogen) atoms. The van der Waals surface area contributed by atoms with E-state index in [1.54, 1.807) is 13.2 Å². The Kier molecular flexibility index (Phi) is 6.92. The fourth-order valence-electron chi connectivity index (χ4n) is 3.00. The molecule has 0 radical (unpaired) electrons. The Morgan fingerprint density at radius 2 is 1.89 bits per heavy atom. The van der Waals surface area contributed by atoms with Crippen LogP contribution in [0.1, 0.15) is 12.5 Å². The van der Waals surface area contributed by atoms with Gasteiger partial charge in [0.1, 0.15) is 0 Å². The number of nitrogens with zero attached hydrogens (tertiary/aromatic N) is 1. The van der Waals surface area contributed by atoms with E-state index in [9.17, 15) is 4.79 Å². The van der Waals surface area contributed by atoms with Crippen molar-refractivity contribution < 1.29 is 19.0 Å². The summed E-state index contributed by atoms with van der Waals surface area (Å²) in [6.45, 7) is 5.77. The largest absolute Gasteiger partial charge is 0.493 e. The number of benzene rings is 2. The number of nitrogens with one attached hydrogen (secondary N) is 1. The van der Waals surface area contributed by atoms with Crippen LogP contribution in [0.15, 0.2) is 48.5 Å². The van der Waals surface area contributed by atoms with Crippen molar-refractivity contribution in [3.8, 4) is 11.5 Å². The first-order valence-electron chi connectivity index (χ1n) is 9.42. The molecule has 1 fully saturated rings. The van der Waals surface area contributed by atoms with Gasteiger partial charge in [-0.25, -0.2) is 0 Å². The van der Waals surface area contributed by atoms with Crippen molar-refractivity contribution in [1.82, 2.24) is 0 Å². The van der Waals surface area contributed by atoms with Gasteiger partial charge >= 0.3 is 0 Å². The maximum Gasteiger partial charge on any atom is 0.248 e. The highest BCUT2D eigenvalue weighted by atomic mass is 16.5. The molecule has 0 atom stereocenters. The summed E-state index contributed by atoms with van der Waals surface area (Å²) in [4.78, 5) is 14.5. The second-order valence-electron chi connectivity index (χ2n) is 6.31. The summed E-state index contributed by atoms with van der Waals surface area (Å²) in [5, 5.41) is 2.88. The van der Waals surface area contributed by atoms with E-state index in [4.69, 9.17) is 14.2 Å². The molecular formula is C22H26N2O4. The monoisotopic (exact) mass is 382 g/mol. The average Bonchev–Trinajstić information content (AvgIpc) is 2.74. The molecule has 0 spiro atoms. The van der Waals surface area contributed by atoms with Crippen molar-refractivity contribution in [2.75, 3.05) is 50.2 Å². The zero-order valence-corrected chi connectivity index (χ0v) is 16.3. The number of carbonyl (C=O) groups excluding carboxylic acids is 1. The fourth-order valence-corrected chi connectivity index (χ4v) is 3.00. The Morgan fingerprint density at radius 3 is 2.57 bits per heavy atom. The van der Waals surface area contributed by atoms with Crippen LogP contribution in [0, 0.1) is 0 Å². The molecule has 1 aliphatic rings. The number of hydrogen-bond donors (Lipinski definition) is 1. The third kappa shape index (κ3) is 5.27. The normalized spacial score (nSPS) is 14.1. The molecule has 1 heterocycles. The summed E-state index contributed by atoms with van der Waals surface area (Å²) < 4.78 is 16.2. The lowest BCUT2D eigenvalue weighted by Gasteiger charge is -2.28. The van der Waals surface area contributed by atoms with Crippen LogP contribution in [0.2, 0.25) is 0 Å². The summed E-state index contributed by atoms with van der Waals surface area (Å²) in [5.41, 5.74) is 2.76. The van der Waals surface area contributed by atoms with E-state index in [1.165, 1.54) is 6.08 Å². The number of rotatable bonds is 7. The topological polar surface area (TPSA) is 60.0 Å². The molecular weight excluding hydrogens is 356 g/mol. The van der Waals surface area contributed by atoms with Crippen molar-refractivity contribution in [1.29, 1.82) is 0 Å². The van der Waals surface area contributed by atoms with Crippen molar-refractivity contribution in [2.45, 2.75) is 6.92 Å². The van der Waals surface area contributed by atoms with Crippen LogP contribution in [0.3, 0.4) is 0 Å². The van der Waals surface area contributed by atoms with Crippen LogP contribution in [0.25, 0.3) is 6.08 Å². The smallest absolute Gasteiger partial charge is 0.248 e. The molecule has 3 rings (SSSR count). The number of hydrogen-bond acceptors (Lipinski definition) is 5. The van der Waals surface area contributed by atoms with Crippen molar-refractivity contribution in [3.05, 3.63) is 54.1 Å². The first-order valence-corrected chi connectivity index (χ1v) is 9.42. The van der Waals surface area contributed by atoms with Gasteiger partial charge in [0.25, 0.3) is 0 Å². The zero-order valence-electron chi connectivity index (χ0n) is 16.3. The predicted octanol–water partition coefficient (Wildman–Crippen LogP) is 3.58. The molecule has 1 aliphatic heterocycles. The highest BCUT2D eigenvalue weighted by molar-refractivity contribution is 6.02. The van der Waals surface area contributed by atoms with Gasteiger partial charge in [-0.05, 0) is 55.0 Å². The van der Waals surface area contributed by atoms with Gasteiger partial charge in [-0.1, -0.05) is 6.07 Å². The summed E-state index contributed by atoms with van der Waals surface area (Å²) in [7, 11) is 1.60. The zero-order chi connectivity index (χ0) is 19.8. The lowest BCUT2D eigenvalue weighted by molar-refractivity contribution is -0.111. The molecule has 2 aromatic carbocycles. The molecule has 0 bridgehead atoms. The van der Waals surface area contributed by atoms with Crippen LogP contribution in [-0.4, -0.2) is 45.9 Å². The lowest BCUT2D eigenvalue weighted by atomic mass is 10.2. The van der Waals surface area contributed by atoms with Gasteiger partial charge in [0.15, 0.2) is 11.5 Å². The first-order chi connectivity index (χ1) is 13.7. The number of amides is 1. The number of anilines is 2. The second-order valence-corrected chi connectivity index (χ2v) is 6.31. The summed E-state index contributed by atoms with van der Waals surface area (Å²) in [5.74, 6) is 1.14. The lowest BCUT2D eigenvalue weighted by Crippen LogP contribution is -2.36. The van der Waals surface area contributed by atoms with E-state index in [1.807, 2.05) is 49.4 Å². The highest BCUT2D eigenvalue weighted by Crippen LogP contribution is 2.28. The number of carbonyl (C=O) groups is 1. The quantitative estimate of drug-likeness (QED) is 0.742. The van der Waals surface area contributed by atoms with Gasteiger partial charge in [-0.2, -0.15) is 0 Å². The summed E-state index contributed by atoms with van der Waals surface area (Å²) in [6, 6.07) is 13.4. The summed E-state index contributed by atoms with van der Waals surface area (Å²) >= 11 is 0. The SMILES string of the molecule is CCOc1ccc(/C=C/C(=O)Nc2ccc(N3CCOCC3)cc2)cc1OC. The van der Waals surface area contributed by atoms with Gasteiger partial charge in [0.05, 0.1) is 26.9 Å². The van der Waals surface area contributed by atoms with Crippen molar-refractivity contribution >= 4 is 23.4 Å². The minimum absolute atomic E-state index is 0.188. The Hall–Kier alpha value is -2.99. The van der Waals surface area contributed by atoms with Crippen LogP contribution in [0.4, 0.5) is 11.4 Å². The van der Waals surface area contributed by atoms with Gasteiger partial charge in [-0.3, -0.25) is 4.79 Å². The molecule has 6 heteroatoms. The molecule has 1 amide bonds.